The van der Waals surface area contributed by atoms with Gasteiger partial charge in [-0.05, 0) is 43.0 Å². The minimum Gasteiger partial charge on any atom is -0.362 e. The Labute approximate surface area is 164 Å². The van der Waals surface area contributed by atoms with E-state index in [0.717, 1.165) is 45.9 Å². The molecule has 2 aliphatic rings. The van der Waals surface area contributed by atoms with Gasteiger partial charge in [-0.2, -0.15) is 0 Å². The van der Waals surface area contributed by atoms with E-state index in [9.17, 15) is 9.59 Å². The van der Waals surface area contributed by atoms with Gasteiger partial charge in [0.15, 0.2) is 0 Å². The van der Waals surface area contributed by atoms with Gasteiger partial charge in [0.25, 0.3) is 0 Å². The first-order chi connectivity index (χ1) is 13.3. The van der Waals surface area contributed by atoms with Crippen LogP contribution in [0.1, 0.15) is 40.3 Å². The highest BCUT2D eigenvalue weighted by molar-refractivity contribution is 6.05. The number of hydrogen-bond acceptors (Lipinski definition) is 5. The lowest BCUT2D eigenvalue weighted by atomic mass is 9.91. The molecular weight excluding hydrogens is 354 g/mol. The third-order valence-electron chi connectivity index (χ3n) is 5.59. The summed E-state index contributed by atoms with van der Waals surface area (Å²) in [5, 5.41) is 2.94. The number of fused-ring (bicyclic) bond motifs is 2. The Balaban J connectivity index is 1.53. The van der Waals surface area contributed by atoms with Crippen LogP contribution in [0.2, 0.25) is 0 Å². The predicted molar refractivity (Wildman–Crippen MR) is 107 cm³/mol. The van der Waals surface area contributed by atoms with Crippen molar-refractivity contribution in [2.24, 2.45) is 0 Å². The Morgan fingerprint density at radius 1 is 1.29 bits per heavy atom. The Morgan fingerprint density at radius 2 is 2.07 bits per heavy atom. The Kier molecular flexibility index (Phi) is 4.53. The third-order valence-corrected chi connectivity index (χ3v) is 5.59. The number of aryl methyl sites for hydroxylation is 2. The summed E-state index contributed by atoms with van der Waals surface area (Å²) in [4.78, 5) is 38.1. The summed E-state index contributed by atoms with van der Waals surface area (Å²) >= 11 is 0. The van der Waals surface area contributed by atoms with Crippen molar-refractivity contribution in [3.05, 3.63) is 46.4 Å². The number of amides is 2. The molecule has 1 atom stereocenters. The lowest BCUT2D eigenvalue weighted by Crippen LogP contribution is -2.38. The van der Waals surface area contributed by atoms with Gasteiger partial charge >= 0.3 is 0 Å². The number of nitrogens with one attached hydrogen (secondary N) is 1. The molecule has 0 bridgehead atoms. The van der Waals surface area contributed by atoms with Crippen molar-refractivity contribution in [2.45, 2.75) is 39.2 Å². The standard InChI is InChI=1S/C21H25N5O2/c1-12-7-13(2)19-15(21(28)24-16(19)8-12)9-18(27)26-6-5-14-17(10-26)22-11-23-20(14)25(3)4/h7-8,11,15H,5-6,9-10H2,1-4H3,(H,24,28)/t15-/m1/s1. The van der Waals surface area contributed by atoms with Crippen LogP contribution >= 0.6 is 0 Å². The second-order valence-electron chi connectivity index (χ2n) is 7.87. The highest BCUT2D eigenvalue weighted by Gasteiger charge is 2.35. The van der Waals surface area contributed by atoms with Crippen molar-refractivity contribution in [3.8, 4) is 0 Å². The van der Waals surface area contributed by atoms with E-state index in [-0.39, 0.29) is 18.2 Å². The number of anilines is 2. The summed E-state index contributed by atoms with van der Waals surface area (Å²) in [7, 11) is 3.92. The molecule has 1 aromatic heterocycles. The summed E-state index contributed by atoms with van der Waals surface area (Å²) in [6.07, 6.45) is 2.46. The van der Waals surface area contributed by atoms with Crippen LogP contribution in [0.4, 0.5) is 11.5 Å². The second kappa shape index (κ2) is 6.89. The SMILES string of the molecule is Cc1cc(C)c2c(c1)NC(=O)[C@@H]2CC(=O)N1CCc2c(ncnc2N(C)C)C1. The molecule has 0 radical (unpaired) electrons. The maximum atomic E-state index is 13.0. The van der Waals surface area contributed by atoms with E-state index in [0.29, 0.717) is 13.1 Å². The highest BCUT2D eigenvalue weighted by Crippen LogP contribution is 2.38. The van der Waals surface area contributed by atoms with Crippen molar-refractivity contribution in [3.63, 3.8) is 0 Å². The van der Waals surface area contributed by atoms with Gasteiger partial charge in [-0.15, -0.1) is 0 Å². The molecule has 0 unspecified atom stereocenters. The van der Waals surface area contributed by atoms with Crippen molar-refractivity contribution in [1.29, 1.82) is 0 Å². The summed E-state index contributed by atoms with van der Waals surface area (Å²) in [5.41, 5.74) is 5.95. The molecule has 0 aliphatic carbocycles. The van der Waals surface area contributed by atoms with E-state index >= 15 is 0 Å². The van der Waals surface area contributed by atoms with E-state index < -0.39 is 5.92 Å². The first kappa shape index (κ1) is 18.4. The van der Waals surface area contributed by atoms with Crippen LogP contribution in [0, 0.1) is 13.8 Å². The van der Waals surface area contributed by atoms with Crippen LogP contribution in [0.25, 0.3) is 0 Å². The molecule has 2 aromatic rings. The number of benzene rings is 1. The molecular formula is C21H25N5O2. The molecule has 0 spiro atoms. The summed E-state index contributed by atoms with van der Waals surface area (Å²) in [5.74, 6) is 0.384. The van der Waals surface area contributed by atoms with Crippen molar-refractivity contribution in [2.75, 3.05) is 30.9 Å². The fourth-order valence-electron chi connectivity index (χ4n) is 4.33. The van der Waals surface area contributed by atoms with Crippen molar-refractivity contribution in [1.82, 2.24) is 14.9 Å². The summed E-state index contributed by atoms with van der Waals surface area (Å²) < 4.78 is 0. The van der Waals surface area contributed by atoms with Gasteiger partial charge < -0.3 is 15.1 Å². The molecule has 1 aromatic carbocycles. The summed E-state index contributed by atoms with van der Waals surface area (Å²) in [6, 6.07) is 4.04. The Hall–Kier alpha value is -2.96. The molecule has 7 heteroatoms. The monoisotopic (exact) mass is 379 g/mol. The number of carbonyl (C=O) groups excluding carboxylic acids is 2. The maximum absolute atomic E-state index is 13.0. The normalized spacial score (nSPS) is 17.8. The Morgan fingerprint density at radius 3 is 2.82 bits per heavy atom. The van der Waals surface area contributed by atoms with Crippen molar-refractivity contribution < 1.29 is 9.59 Å². The quantitative estimate of drug-likeness (QED) is 0.884. The minimum absolute atomic E-state index is 0.0105. The molecule has 146 valence electrons. The smallest absolute Gasteiger partial charge is 0.232 e. The predicted octanol–water partition coefficient (Wildman–Crippen LogP) is 2.17. The molecule has 0 saturated carbocycles. The van der Waals surface area contributed by atoms with Gasteiger partial charge in [0.1, 0.15) is 12.1 Å². The van der Waals surface area contributed by atoms with E-state index in [1.54, 1.807) is 6.33 Å². The van der Waals surface area contributed by atoms with E-state index in [1.807, 2.05) is 43.8 Å². The highest BCUT2D eigenvalue weighted by atomic mass is 16.2. The first-order valence-corrected chi connectivity index (χ1v) is 9.55. The average molecular weight is 379 g/mol. The molecule has 0 saturated heterocycles. The number of hydrogen-bond donors (Lipinski definition) is 1. The fourth-order valence-corrected chi connectivity index (χ4v) is 4.33. The number of carbonyl (C=O) groups is 2. The molecule has 4 rings (SSSR count). The Bertz CT molecular complexity index is 970. The zero-order valence-electron chi connectivity index (χ0n) is 16.7. The maximum Gasteiger partial charge on any atom is 0.232 e. The molecule has 1 N–H and O–H groups in total. The van der Waals surface area contributed by atoms with Crippen molar-refractivity contribution >= 4 is 23.3 Å². The zero-order valence-corrected chi connectivity index (χ0v) is 16.7. The van der Waals surface area contributed by atoms with Crippen LogP contribution in [-0.4, -0.2) is 47.3 Å². The first-order valence-electron chi connectivity index (χ1n) is 9.55. The average Bonchev–Trinajstić information content (AvgIpc) is 2.95. The van der Waals surface area contributed by atoms with Gasteiger partial charge in [-0.3, -0.25) is 9.59 Å². The van der Waals surface area contributed by atoms with Crippen LogP contribution in [0.5, 0.6) is 0 Å². The van der Waals surface area contributed by atoms with Gasteiger partial charge in [0.2, 0.25) is 11.8 Å². The molecule has 28 heavy (non-hydrogen) atoms. The number of nitrogens with zero attached hydrogens (tertiary/aromatic N) is 4. The van der Waals surface area contributed by atoms with Crippen LogP contribution in [-0.2, 0) is 22.6 Å². The third kappa shape index (κ3) is 3.10. The summed E-state index contributed by atoms with van der Waals surface area (Å²) in [6.45, 7) is 5.09. The van der Waals surface area contributed by atoms with Crippen LogP contribution < -0.4 is 10.2 Å². The largest absolute Gasteiger partial charge is 0.362 e. The molecule has 0 fully saturated rings. The van der Waals surface area contributed by atoms with E-state index in [1.165, 1.54) is 0 Å². The number of aromatic nitrogens is 2. The zero-order chi connectivity index (χ0) is 20.0. The lowest BCUT2D eigenvalue weighted by molar-refractivity contribution is -0.134. The van der Waals surface area contributed by atoms with E-state index in [4.69, 9.17) is 0 Å². The van der Waals surface area contributed by atoms with Gasteiger partial charge in [0, 0.05) is 38.3 Å². The van der Waals surface area contributed by atoms with Gasteiger partial charge in [0.05, 0.1) is 18.2 Å². The molecule has 2 amide bonds. The van der Waals surface area contributed by atoms with E-state index in [2.05, 4.69) is 21.4 Å². The second-order valence-corrected chi connectivity index (χ2v) is 7.87. The van der Waals surface area contributed by atoms with Crippen LogP contribution in [0.3, 0.4) is 0 Å². The van der Waals surface area contributed by atoms with Gasteiger partial charge in [-0.1, -0.05) is 6.07 Å². The van der Waals surface area contributed by atoms with Gasteiger partial charge in [-0.25, -0.2) is 9.97 Å². The molecule has 3 heterocycles. The minimum atomic E-state index is -0.424. The van der Waals surface area contributed by atoms with Crippen LogP contribution in [0.15, 0.2) is 18.5 Å². The molecule has 7 nitrogen and oxygen atoms in total. The fraction of sp³-hybridized carbons (Fsp3) is 0.429. The number of rotatable bonds is 3. The lowest BCUT2D eigenvalue weighted by Gasteiger charge is -2.30. The topological polar surface area (TPSA) is 78.4 Å². The molecule has 2 aliphatic heterocycles.